The summed E-state index contributed by atoms with van der Waals surface area (Å²) in [5, 5.41) is 3.03. The summed E-state index contributed by atoms with van der Waals surface area (Å²) in [7, 11) is -3.81. The fourth-order valence-corrected chi connectivity index (χ4v) is 5.62. The fourth-order valence-electron chi connectivity index (χ4n) is 4.33. The summed E-state index contributed by atoms with van der Waals surface area (Å²) in [6.07, 6.45) is 1.35. The van der Waals surface area contributed by atoms with Gasteiger partial charge in [0.25, 0.3) is 0 Å². The molecule has 0 bridgehead atoms. The summed E-state index contributed by atoms with van der Waals surface area (Å²) < 4.78 is 27.8. The van der Waals surface area contributed by atoms with E-state index in [0.29, 0.717) is 5.69 Å². The van der Waals surface area contributed by atoms with Crippen LogP contribution in [-0.4, -0.2) is 49.5 Å². The Morgan fingerprint density at radius 1 is 0.900 bits per heavy atom. The number of hydrogen-bond donors (Lipinski definition) is 1. The van der Waals surface area contributed by atoms with Crippen molar-refractivity contribution < 1.29 is 18.0 Å². The molecule has 40 heavy (non-hydrogen) atoms. The summed E-state index contributed by atoms with van der Waals surface area (Å²) in [6.45, 7) is 9.17. The lowest BCUT2D eigenvalue weighted by atomic mass is 10.0. The van der Waals surface area contributed by atoms with Gasteiger partial charge in [0.05, 0.1) is 11.9 Å². The number of halogens is 1. The number of amides is 2. The summed E-state index contributed by atoms with van der Waals surface area (Å²) in [5.74, 6) is -0.787. The molecule has 0 aliphatic carbocycles. The minimum atomic E-state index is -3.81. The number of hydrogen-bond acceptors (Lipinski definition) is 4. The maximum Gasteiger partial charge on any atom is 0.244 e. The number of rotatable bonds is 10. The summed E-state index contributed by atoms with van der Waals surface area (Å²) in [4.78, 5) is 29.4. The third-order valence-corrected chi connectivity index (χ3v) is 8.10. The standard InChI is InChI=1S/C31H38BrN3O4S/c1-22-15-16-27(17-23(22)2)35(40(6,38)39)21-29(36)34(20-25-13-10-14-26(32)18-25)28(30(37)33-31(3,4)5)19-24-11-8-7-9-12-24/h7-18,28H,19-21H2,1-6H3,(H,33,37)/t28-/m1/s1. The van der Waals surface area contributed by atoms with Crippen molar-refractivity contribution in [3.63, 3.8) is 0 Å². The lowest BCUT2D eigenvalue weighted by Gasteiger charge is -2.35. The van der Waals surface area contributed by atoms with Gasteiger partial charge in [0, 0.05) is 23.0 Å². The Kier molecular flexibility index (Phi) is 10.2. The smallest absolute Gasteiger partial charge is 0.244 e. The molecule has 0 fully saturated rings. The van der Waals surface area contributed by atoms with Crippen LogP contribution >= 0.6 is 15.9 Å². The molecule has 214 valence electrons. The maximum absolute atomic E-state index is 14.1. The van der Waals surface area contributed by atoms with E-state index in [-0.39, 0.29) is 18.9 Å². The molecule has 0 spiro atoms. The molecule has 0 heterocycles. The first kappa shape index (κ1) is 31.4. The van der Waals surface area contributed by atoms with Crippen LogP contribution in [0.15, 0.2) is 77.3 Å². The van der Waals surface area contributed by atoms with Crippen LogP contribution in [0.5, 0.6) is 0 Å². The van der Waals surface area contributed by atoms with Crippen molar-refractivity contribution in [2.24, 2.45) is 0 Å². The van der Waals surface area contributed by atoms with E-state index in [2.05, 4.69) is 21.2 Å². The molecule has 0 aliphatic heterocycles. The molecule has 0 aromatic heterocycles. The predicted octanol–water partition coefficient (Wildman–Crippen LogP) is 5.39. The quantitative estimate of drug-likeness (QED) is 0.327. The van der Waals surface area contributed by atoms with E-state index in [1.807, 2.05) is 95.3 Å². The van der Waals surface area contributed by atoms with E-state index in [1.165, 1.54) is 4.90 Å². The van der Waals surface area contributed by atoms with Gasteiger partial charge < -0.3 is 10.2 Å². The van der Waals surface area contributed by atoms with E-state index in [9.17, 15) is 18.0 Å². The molecule has 3 aromatic rings. The SMILES string of the molecule is Cc1ccc(N(CC(=O)N(Cc2cccc(Br)c2)[C@H](Cc2ccccc2)C(=O)NC(C)(C)C)S(C)(=O)=O)cc1C. The van der Waals surface area contributed by atoms with Gasteiger partial charge in [-0.05, 0) is 81.1 Å². The first-order chi connectivity index (χ1) is 18.6. The van der Waals surface area contributed by atoms with Crippen molar-refractivity contribution in [3.8, 4) is 0 Å². The molecule has 2 amide bonds. The summed E-state index contributed by atoms with van der Waals surface area (Å²) in [5.41, 5.74) is 3.49. The lowest BCUT2D eigenvalue weighted by Crippen LogP contribution is -2.56. The van der Waals surface area contributed by atoms with Crippen molar-refractivity contribution in [2.45, 2.75) is 59.2 Å². The number of aryl methyl sites for hydroxylation is 2. The molecule has 1 N–H and O–H groups in total. The monoisotopic (exact) mass is 627 g/mol. The molecule has 0 aliphatic rings. The van der Waals surface area contributed by atoms with Gasteiger partial charge in [0.2, 0.25) is 21.8 Å². The van der Waals surface area contributed by atoms with Crippen LogP contribution in [0.4, 0.5) is 5.69 Å². The van der Waals surface area contributed by atoms with Gasteiger partial charge in [0.15, 0.2) is 0 Å². The van der Waals surface area contributed by atoms with Crippen molar-refractivity contribution >= 4 is 43.5 Å². The Morgan fingerprint density at radius 3 is 2.12 bits per heavy atom. The van der Waals surface area contributed by atoms with Gasteiger partial charge in [-0.2, -0.15) is 0 Å². The van der Waals surface area contributed by atoms with Crippen molar-refractivity contribution in [3.05, 3.63) is 99.5 Å². The Hall–Kier alpha value is -3.17. The number of benzene rings is 3. The Morgan fingerprint density at radius 2 is 1.55 bits per heavy atom. The van der Waals surface area contributed by atoms with E-state index in [0.717, 1.165) is 37.3 Å². The normalized spacial score (nSPS) is 12.5. The van der Waals surface area contributed by atoms with E-state index in [4.69, 9.17) is 0 Å². The lowest BCUT2D eigenvalue weighted by molar-refractivity contribution is -0.140. The maximum atomic E-state index is 14.1. The zero-order valence-corrected chi connectivity index (χ0v) is 26.3. The number of nitrogens with one attached hydrogen (secondary N) is 1. The number of nitrogens with zero attached hydrogens (tertiary/aromatic N) is 2. The van der Waals surface area contributed by atoms with E-state index >= 15 is 0 Å². The average Bonchev–Trinajstić information content (AvgIpc) is 2.85. The first-order valence-corrected chi connectivity index (χ1v) is 15.7. The van der Waals surface area contributed by atoms with Gasteiger partial charge in [-0.15, -0.1) is 0 Å². The molecule has 1 atom stereocenters. The summed E-state index contributed by atoms with van der Waals surface area (Å²) >= 11 is 3.49. The Labute approximate surface area is 246 Å². The highest BCUT2D eigenvalue weighted by atomic mass is 79.9. The second-order valence-corrected chi connectivity index (χ2v) is 14.0. The van der Waals surface area contributed by atoms with E-state index < -0.39 is 34.1 Å². The average molecular weight is 629 g/mol. The molecule has 0 saturated heterocycles. The van der Waals surface area contributed by atoms with Crippen molar-refractivity contribution in [1.82, 2.24) is 10.2 Å². The molecule has 3 aromatic carbocycles. The van der Waals surface area contributed by atoms with Gasteiger partial charge >= 0.3 is 0 Å². The van der Waals surface area contributed by atoms with Gasteiger partial charge in [0.1, 0.15) is 12.6 Å². The third-order valence-electron chi connectivity index (χ3n) is 6.47. The van der Waals surface area contributed by atoms with Crippen molar-refractivity contribution in [1.29, 1.82) is 0 Å². The second-order valence-electron chi connectivity index (χ2n) is 11.1. The zero-order chi connectivity index (χ0) is 29.7. The van der Waals surface area contributed by atoms with Crippen molar-refractivity contribution in [2.75, 3.05) is 17.1 Å². The molecular formula is C31H38BrN3O4S. The topological polar surface area (TPSA) is 86.8 Å². The highest BCUT2D eigenvalue weighted by Gasteiger charge is 2.34. The molecule has 0 radical (unpaired) electrons. The molecule has 0 unspecified atom stereocenters. The van der Waals surface area contributed by atoms with E-state index in [1.54, 1.807) is 12.1 Å². The van der Waals surface area contributed by atoms with Gasteiger partial charge in [-0.1, -0.05) is 64.5 Å². The van der Waals surface area contributed by atoms with Gasteiger partial charge in [-0.25, -0.2) is 8.42 Å². The largest absolute Gasteiger partial charge is 0.350 e. The van der Waals surface area contributed by atoms with Crippen LogP contribution in [0.3, 0.4) is 0 Å². The third kappa shape index (κ3) is 8.93. The van der Waals surface area contributed by atoms with Crippen LogP contribution in [0, 0.1) is 13.8 Å². The molecule has 9 heteroatoms. The van der Waals surface area contributed by atoms with Gasteiger partial charge in [-0.3, -0.25) is 13.9 Å². The fraction of sp³-hybridized carbons (Fsp3) is 0.355. The first-order valence-electron chi connectivity index (χ1n) is 13.1. The van der Waals surface area contributed by atoms with Crippen LogP contribution in [0.25, 0.3) is 0 Å². The minimum Gasteiger partial charge on any atom is -0.350 e. The van der Waals surface area contributed by atoms with Crippen LogP contribution in [-0.2, 0) is 32.6 Å². The zero-order valence-electron chi connectivity index (χ0n) is 23.9. The van der Waals surface area contributed by atoms with Crippen LogP contribution in [0.2, 0.25) is 0 Å². The van der Waals surface area contributed by atoms with Crippen LogP contribution in [0.1, 0.15) is 43.0 Å². The number of anilines is 1. The molecular weight excluding hydrogens is 590 g/mol. The highest BCUT2D eigenvalue weighted by molar-refractivity contribution is 9.10. The summed E-state index contributed by atoms with van der Waals surface area (Å²) in [6, 6.07) is 21.4. The highest BCUT2D eigenvalue weighted by Crippen LogP contribution is 2.23. The van der Waals surface area contributed by atoms with Crippen LogP contribution < -0.4 is 9.62 Å². The number of sulfonamides is 1. The predicted molar refractivity (Wildman–Crippen MR) is 165 cm³/mol. The molecule has 7 nitrogen and oxygen atoms in total. The number of carbonyl (C=O) groups is 2. The molecule has 3 rings (SSSR count). The molecule has 0 saturated carbocycles. The number of carbonyl (C=O) groups excluding carboxylic acids is 2. The minimum absolute atomic E-state index is 0.123. The second kappa shape index (κ2) is 13.0. The Bertz CT molecular complexity index is 1450. The Balaban J connectivity index is 2.09.